The third-order valence-electron chi connectivity index (χ3n) is 3.96. The predicted molar refractivity (Wildman–Crippen MR) is 86.0 cm³/mol. The lowest BCUT2D eigenvalue weighted by Gasteiger charge is -2.29. The van der Waals surface area contributed by atoms with Gasteiger partial charge in [-0.3, -0.25) is 4.79 Å². The Hall–Kier alpha value is -2.38. The van der Waals surface area contributed by atoms with Crippen molar-refractivity contribution in [3.63, 3.8) is 0 Å². The smallest absolute Gasteiger partial charge is 0.229 e. The van der Waals surface area contributed by atoms with Gasteiger partial charge in [0.1, 0.15) is 5.82 Å². The minimum absolute atomic E-state index is 0.132. The molecule has 0 aromatic heterocycles. The quantitative estimate of drug-likeness (QED) is 0.746. The van der Waals surface area contributed by atoms with Crippen molar-refractivity contribution in [1.29, 1.82) is 0 Å². The van der Waals surface area contributed by atoms with Crippen LogP contribution in [0.15, 0.2) is 48.1 Å². The molecule has 3 nitrogen and oxygen atoms in total. The highest BCUT2D eigenvalue weighted by Gasteiger charge is 2.24. The molecule has 0 N–H and O–H groups in total. The zero-order chi connectivity index (χ0) is 16.1. The van der Waals surface area contributed by atoms with Crippen LogP contribution in [0.5, 0.6) is 0 Å². The number of carbonyl (C=O) groups is 1. The van der Waals surface area contributed by atoms with Crippen molar-refractivity contribution in [2.45, 2.75) is 6.42 Å². The molecule has 23 heavy (non-hydrogen) atoms. The Balaban J connectivity index is 1.62. The maximum absolute atomic E-state index is 13.5. The highest BCUT2D eigenvalue weighted by molar-refractivity contribution is 5.81. The summed E-state index contributed by atoms with van der Waals surface area (Å²) in [6.45, 7) is 2.54. The Labute approximate surface area is 135 Å². The number of allylic oxidation sites excluding steroid dienone is 3. The van der Waals surface area contributed by atoms with Crippen LogP contribution in [0.3, 0.4) is 0 Å². The first-order valence-electron chi connectivity index (χ1n) is 7.75. The third-order valence-corrected chi connectivity index (χ3v) is 3.96. The number of benzene rings is 1. The molecule has 1 unspecified atom stereocenters. The fourth-order valence-corrected chi connectivity index (χ4v) is 2.62. The highest BCUT2D eigenvalue weighted by Crippen LogP contribution is 2.19. The first-order chi connectivity index (χ1) is 11.2. The third kappa shape index (κ3) is 3.88. The highest BCUT2D eigenvalue weighted by atomic mass is 19.1. The van der Waals surface area contributed by atoms with E-state index in [-0.39, 0.29) is 17.6 Å². The lowest BCUT2D eigenvalue weighted by Crippen LogP contribution is -2.43. The van der Waals surface area contributed by atoms with E-state index in [1.54, 1.807) is 18.2 Å². The number of hydrogen-bond donors (Lipinski definition) is 0. The van der Waals surface area contributed by atoms with Crippen LogP contribution < -0.4 is 0 Å². The minimum atomic E-state index is -0.319. The molecule has 0 radical (unpaired) electrons. The number of amides is 1. The van der Waals surface area contributed by atoms with Crippen molar-refractivity contribution in [3.05, 3.63) is 59.4 Å². The number of halogens is 1. The summed E-state index contributed by atoms with van der Waals surface area (Å²) in [5.74, 6) is 5.48. The molecule has 3 rings (SSSR count). The summed E-state index contributed by atoms with van der Waals surface area (Å²) in [5, 5.41) is 0. The fraction of sp³-hybridized carbons (Fsp3) is 0.316. The molecule has 1 saturated heterocycles. The Morgan fingerprint density at radius 2 is 2.00 bits per heavy atom. The summed E-state index contributed by atoms with van der Waals surface area (Å²) in [4.78, 5) is 14.2. The second-order valence-corrected chi connectivity index (χ2v) is 5.53. The Kier molecular flexibility index (Phi) is 4.89. The van der Waals surface area contributed by atoms with E-state index >= 15 is 0 Å². The largest absolute Gasteiger partial charge is 0.378 e. The standard InChI is InChI=1S/C19H18FNO2/c20-18-4-2-1-3-16(18)8-5-15-6-9-17(10-7-15)19(22)21-11-13-23-14-12-21/h1-4,6-7,9,17H,10-14H2. The van der Waals surface area contributed by atoms with E-state index in [9.17, 15) is 9.18 Å². The molecule has 1 atom stereocenters. The van der Waals surface area contributed by atoms with Gasteiger partial charge in [0.25, 0.3) is 0 Å². The van der Waals surface area contributed by atoms with Gasteiger partial charge in [-0.15, -0.1) is 0 Å². The predicted octanol–water partition coefficient (Wildman–Crippen LogP) is 2.54. The zero-order valence-corrected chi connectivity index (χ0v) is 12.8. The van der Waals surface area contributed by atoms with E-state index in [0.29, 0.717) is 38.3 Å². The van der Waals surface area contributed by atoms with Crippen LogP contribution in [0.25, 0.3) is 0 Å². The second-order valence-electron chi connectivity index (χ2n) is 5.53. The van der Waals surface area contributed by atoms with Crippen LogP contribution in [-0.2, 0) is 9.53 Å². The summed E-state index contributed by atoms with van der Waals surface area (Å²) >= 11 is 0. The van der Waals surface area contributed by atoms with Crippen LogP contribution in [0, 0.1) is 23.6 Å². The van der Waals surface area contributed by atoms with Gasteiger partial charge in [-0.1, -0.05) is 42.2 Å². The van der Waals surface area contributed by atoms with Gasteiger partial charge in [0.15, 0.2) is 0 Å². The molecule has 0 bridgehead atoms. The number of rotatable bonds is 1. The Bertz CT molecular complexity index is 706. The molecule has 1 aliphatic heterocycles. The SMILES string of the molecule is O=C(C1C=CC(C#Cc2ccccc2F)=CC1)N1CCOCC1. The Morgan fingerprint density at radius 3 is 2.70 bits per heavy atom. The number of ether oxygens (including phenoxy) is 1. The van der Waals surface area contributed by atoms with E-state index in [1.165, 1.54) is 6.07 Å². The van der Waals surface area contributed by atoms with Gasteiger partial charge in [0.2, 0.25) is 5.91 Å². The average Bonchev–Trinajstić information content (AvgIpc) is 2.62. The van der Waals surface area contributed by atoms with E-state index < -0.39 is 0 Å². The fourth-order valence-electron chi connectivity index (χ4n) is 2.62. The van der Waals surface area contributed by atoms with Crippen LogP contribution in [-0.4, -0.2) is 37.1 Å². The van der Waals surface area contributed by atoms with E-state index in [0.717, 1.165) is 5.57 Å². The minimum Gasteiger partial charge on any atom is -0.378 e. The molecular weight excluding hydrogens is 293 g/mol. The lowest BCUT2D eigenvalue weighted by molar-refractivity contribution is -0.138. The normalized spacial score (nSPS) is 20.5. The van der Waals surface area contributed by atoms with E-state index in [1.807, 2.05) is 23.1 Å². The van der Waals surface area contributed by atoms with Crippen LogP contribution in [0.2, 0.25) is 0 Å². The zero-order valence-electron chi connectivity index (χ0n) is 12.8. The Morgan fingerprint density at radius 1 is 1.22 bits per heavy atom. The molecule has 1 amide bonds. The first kappa shape index (κ1) is 15.5. The molecule has 0 saturated carbocycles. The molecule has 1 aromatic rings. The van der Waals surface area contributed by atoms with Gasteiger partial charge >= 0.3 is 0 Å². The number of morpholine rings is 1. The van der Waals surface area contributed by atoms with Gasteiger partial charge < -0.3 is 9.64 Å². The molecule has 1 aliphatic carbocycles. The molecule has 4 heteroatoms. The molecule has 2 aliphatic rings. The molecular formula is C19H18FNO2. The molecule has 118 valence electrons. The van der Waals surface area contributed by atoms with Crippen molar-refractivity contribution >= 4 is 5.91 Å². The molecule has 0 spiro atoms. The maximum atomic E-state index is 13.5. The summed E-state index contributed by atoms with van der Waals surface area (Å²) in [6, 6.07) is 6.45. The van der Waals surface area contributed by atoms with E-state index in [2.05, 4.69) is 11.8 Å². The number of hydrogen-bond acceptors (Lipinski definition) is 2. The van der Waals surface area contributed by atoms with Crippen molar-refractivity contribution in [1.82, 2.24) is 4.90 Å². The van der Waals surface area contributed by atoms with Crippen LogP contribution in [0.1, 0.15) is 12.0 Å². The summed E-state index contributed by atoms with van der Waals surface area (Å²) in [6.07, 6.45) is 6.31. The van der Waals surface area contributed by atoms with Gasteiger partial charge in [-0.2, -0.15) is 0 Å². The van der Waals surface area contributed by atoms with E-state index in [4.69, 9.17) is 4.74 Å². The summed E-state index contributed by atoms with van der Waals surface area (Å²) < 4.78 is 18.8. The lowest BCUT2D eigenvalue weighted by atomic mass is 9.95. The van der Waals surface area contributed by atoms with Crippen molar-refractivity contribution in [2.24, 2.45) is 5.92 Å². The number of carbonyl (C=O) groups excluding carboxylic acids is 1. The second kappa shape index (κ2) is 7.26. The van der Waals surface area contributed by atoms with Crippen molar-refractivity contribution in [2.75, 3.05) is 26.3 Å². The van der Waals surface area contributed by atoms with Gasteiger partial charge in [-0.05, 0) is 18.6 Å². The van der Waals surface area contributed by atoms with Crippen LogP contribution >= 0.6 is 0 Å². The van der Waals surface area contributed by atoms with Crippen LogP contribution in [0.4, 0.5) is 4.39 Å². The summed E-state index contributed by atoms with van der Waals surface area (Å²) in [5.41, 5.74) is 1.20. The average molecular weight is 311 g/mol. The topological polar surface area (TPSA) is 29.5 Å². The van der Waals surface area contributed by atoms with Crippen molar-refractivity contribution in [3.8, 4) is 11.8 Å². The van der Waals surface area contributed by atoms with Crippen molar-refractivity contribution < 1.29 is 13.9 Å². The van der Waals surface area contributed by atoms with Gasteiger partial charge in [0, 0.05) is 18.7 Å². The molecule has 1 fully saturated rings. The number of nitrogens with zero attached hydrogens (tertiary/aromatic N) is 1. The monoisotopic (exact) mass is 311 g/mol. The van der Waals surface area contributed by atoms with Gasteiger partial charge in [0.05, 0.1) is 24.7 Å². The first-order valence-corrected chi connectivity index (χ1v) is 7.75. The molecule has 1 aromatic carbocycles. The van der Waals surface area contributed by atoms with Gasteiger partial charge in [-0.25, -0.2) is 4.39 Å². The maximum Gasteiger partial charge on any atom is 0.229 e. The molecule has 1 heterocycles. The summed E-state index contributed by atoms with van der Waals surface area (Å²) in [7, 11) is 0.